The average molecular weight is 859 g/mol. The van der Waals surface area contributed by atoms with Gasteiger partial charge in [-0.1, -0.05) is 68.0 Å². The summed E-state index contributed by atoms with van der Waals surface area (Å²) in [5.74, 6) is 0.251. The topological polar surface area (TPSA) is 157 Å². The second-order valence-corrected chi connectivity index (χ2v) is 18.4. The number of aliphatic hydroxyl groups excluding tert-OH is 3. The van der Waals surface area contributed by atoms with Crippen LogP contribution in [0.25, 0.3) is 0 Å². The molecule has 1 heterocycles. The summed E-state index contributed by atoms with van der Waals surface area (Å²) in [6.07, 6.45) is 15.5. The SMILES string of the molecule is C=CCO[C@@]12Oc3ccc(Oc4cccc(C=O)c4)cc3[C@H]3[C@H](CCCCO)[C@@H](CCCCO)C=C(C(=NOC(C)(C)C)C[C@@H]1N(CCOCCO)C(=O)CCC1CCCC1)[C@H]32. The average Bonchev–Trinajstić information content (AvgIpc) is 3.79. The normalized spacial score (nSPS) is 25.0. The van der Waals surface area contributed by atoms with Gasteiger partial charge >= 0.3 is 0 Å². The number of benzene rings is 2. The van der Waals surface area contributed by atoms with Crippen LogP contribution in [0.2, 0.25) is 0 Å². The summed E-state index contributed by atoms with van der Waals surface area (Å²) < 4.78 is 26.8. The second kappa shape index (κ2) is 22.5. The zero-order valence-electron chi connectivity index (χ0n) is 37.2. The molecule has 3 aliphatic carbocycles. The molecule has 0 radical (unpaired) electrons. The number of fused-ring (bicyclic) bond motifs is 2. The lowest BCUT2D eigenvalue weighted by Crippen LogP contribution is -2.70. The quantitative estimate of drug-likeness (QED) is 0.0405. The Labute approximate surface area is 368 Å². The van der Waals surface area contributed by atoms with E-state index in [0.29, 0.717) is 54.4 Å². The van der Waals surface area contributed by atoms with Gasteiger partial charge in [0.2, 0.25) is 11.7 Å². The van der Waals surface area contributed by atoms with Crippen molar-refractivity contribution in [1.82, 2.24) is 4.90 Å². The van der Waals surface area contributed by atoms with Crippen molar-refractivity contribution in [2.45, 2.75) is 128 Å². The summed E-state index contributed by atoms with van der Waals surface area (Å²) in [6.45, 7) is 10.8. The molecule has 0 aromatic heterocycles. The highest BCUT2D eigenvalue weighted by Gasteiger charge is 2.65. The van der Waals surface area contributed by atoms with Gasteiger partial charge < -0.3 is 44.0 Å². The van der Waals surface area contributed by atoms with Crippen molar-refractivity contribution in [1.29, 1.82) is 0 Å². The zero-order valence-corrected chi connectivity index (χ0v) is 37.2. The van der Waals surface area contributed by atoms with Crippen LogP contribution in [0.3, 0.4) is 0 Å². The highest BCUT2D eigenvalue weighted by molar-refractivity contribution is 6.03. The number of allylic oxidation sites excluding steroid dienone is 1. The van der Waals surface area contributed by atoms with Crippen LogP contribution < -0.4 is 9.47 Å². The van der Waals surface area contributed by atoms with Gasteiger partial charge in [-0.3, -0.25) is 9.59 Å². The minimum absolute atomic E-state index is 0.0102. The maximum Gasteiger partial charge on any atom is 0.239 e. The summed E-state index contributed by atoms with van der Waals surface area (Å²) in [5.41, 5.74) is 2.53. The number of carbonyl (C=O) groups excluding carboxylic acids is 2. The maximum atomic E-state index is 14.9. The van der Waals surface area contributed by atoms with E-state index in [2.05, 4.69) is 12.7 Å². The van der Waals surface area contributed by atoms with Gasteiger partial charge in [0.1, 0.15) is 35.2 Å². The Balaban J connectivity index is 1.57. The summed E-state index contributed by atoms with van der Waals surface area (Å²) >= 11 is 0. The number of amides is 1. The lowest BCUT2D eigenvalue weighted by atomic mass is 9.55. The molecule has 12 nitrogen and oxygen atoms in total. The second-order valence-electron chi connectivity index (χ2n) is 18.4. The van der Waals surface area contributed by atoms with Crippen LogP contribution >= 0.6 is 0 Å². The molecule has 2 aromatic carbocycles. The predicted molar refractivity (Wildman–Crippen MR) is 239 cm³/mol. The van der Waals surface area contributed by atoms with Gasteiger partial charge in [0.15, 0.2) is 0 Å². The number of carbonyl (C=O) groups is 2. The molecule has 340 valence electrons. The van der Waals surface area contributed by atoms with E-state index in [4.69, 9.17) is 28.9 Å². The molecule has 2 saturated carbocycles. The number of oxime groups is 1. The minimum Gasteiger partial charge on any atom is -0.459 e. The molecule has 1 amide bonds. The molecular formula is C50H70N2O10. The van der Waals surface area contributed by atoms with E-state index in [0.717, 1.165) is 68.1 Å². The molecular weight excluding hydrogens is 789 g/mol. The van der Waals surface area contributed by atoms with Crippen LogP contribution in [0, 0.1) is 23.7 Å². The molecule has 12 heteroatoms. The Morgan fingerprint density at radius 1 is 0.968 bits per heavy atom. The van der Waals surface area contributed by atoms with E-state index in [1.165, 1.54) is 12.8 Å². The van der Waals surface area contributed by atoms with Crippen molar-refractivity contribution >= 4 is 17.9 Å². The van der Waals surface area contributed by atoms with Crippen LogP contribution in [0.5, 0.6) is 17.2 Å². The van der Waals surface area contributed by atoms with Crippen molar-refractivity contribution in [3.8, 4) is 17.2 Å². The van der Waals surface area contributed by atoms with Crippen molar-refractivity contribution in [2.24, 2.45) is 28.8 Å². The van der Waals surface area contributed by atoms with Crippen molar-refractivity contribution in [2.75, 3.05) is 46.2 Å². The summed E-state index contributed by atoms with van der Waals surface area (Å²) in [5, 5.41) is 34.5. The first-order chi connectivity index (χ1) is 30.0. The standard InChI is InChI=1S/C50H70N2O10/c1-5-27-59-50-45(52(23-28-58-29-26-55)46(57)22-19-35-13-6-7-14-35)33-43(51-62-49(2,3)4)41-31-37(16-8-10-24-53)40(18-9-11-25-54)47(48(41)50)42-32-39(20-21-44(42)61-50)60-38-17-12-15-36(30-38)34-56/h5,12,15,17,20-21,30-32,34-35,37,40,45,47-48,53-55H,1,6-11,13-14,16,18-19,22-29,33H2,2-4H3/t37-,40+,45-,47+,48+,50+/m0/s1. The first kappa shape index (κ1) is 47.4. The fraction of sp³-hybridized carbons (Fsp3) is 0.620. The molecule has 4 aliphatic rings. The van der Waals surface area contributed by atoms with Crippen LogP contribution in [0.4, 0.5) is 0 Å². The summed E-state index contributed by atoms with van der Waals surface area (Å²) in [7, 11) is 0. The molecule has 0 bridgehead atoms. The van der Waals surface area contributed by atoms with Gasteiger partial charge in [-0.15, -0.1) is 6.58 Å². The molecule has 2 fully saturated rings. The number of nitrogens with zero attached hydrogens (tertiary/aromatic N) is 2. The van der Waals surface area contributed by atoms with Gasteiger partial charge in [0.05, 0.1) is 38.1 Å². The van der Waals surface area contributed by atoms with Crippen molar-refractivity contribution < 1.29 is 48.7 Å². The summed E-state index contributed by atoms with van der Waals surface area (Å²) in [4.78, 5) is 34.7. The predicted octanol–water partition coefficient (Wildman–Crippen LogP) is 8.53. The van der Waals surface area contributed by atoms with Crippen LogP contribution in [0.15, 0.2) is 71.9 Å². The fourth-order valence-electron chi connectivity index (χ4n) is 10.2. The smallest absolute Gasteiger partial charge is 0.239 e. The molecule has 0 spiro atoms. The minimum atomic E-state index is -1.40. The third-order valence-electron chi connectivity index (χ3n) is 13.0. The van der Waals surface area contributed by atoms with E-state index in [1.54, 1.807) is 24.3 Å². The lowest BCUT2D eigenvalue weighted by molar-refractivity contribution is -0.258. The molecule has 62 heavy (non-hydrogen) atoms. The first-order valence-electron chi connectivity index (χ1n) is 23.0. The van der Waals surface area contributed by atoms with E-state index in [-0.39, 0.29) is 69.8 Å². The van der Waals surface area contributed by atoms with Gasteiger partial charge in [0, 0.05) is 49.6 Å². The first-order valence-corrected chi connectivity index (χ1v) is 23.0. The van der Waals surface area contributed by atoms with Gasteiger partial charge in [0.25, 0.3) is 0 Å². The van der Waals surface area contributed by atoms with Crippen molar-refractivity contribution in [3.05, 3.63) is 77.9 Å². The third kappa shape index (κ3) is 11.5. The molecule has 6 rings (SSSR count). The Morgan fingerprint density at radius 3 is 2.44 bits per heavy atom. The largest absolute Gasteiger partial charge is 0.459 e. The lowest BCUT2D eigenvalue weighted by Gasteiger charge is -2.60. The van der Waals surface area contributed by atoms with E-state index < -0.39 is 23.3 Å². The Kier molecular flexibility index (Phi) is 17.2. The van der Waals surface area contributed by atoms with Gasteiger partial charge in [-0.25, -0.2) is 0 Å². The Bertz CT molecular complexity index is 1850. The monoisotopic (exact) mass is 859 g/mol. The van der Waals surface area contributed by atoms with E-state index in [1.807, 2.05) is 49.9 Å². The Morgan fingerprint density at radius 2 is 1.73 bits per heavy atom. The number of hydrogen-bond donors (Lipinski definition) is 3. The van der Waals surface area contributed by atoms with E-state index >= 15 is 0 Å². The number of aldehydes is 1. The molecule has 3 N–H and O–H groups in total. The van der Waals surface area contributed by atoms with Crippen molar-refractivity contribution in [3.63, 3.8) is 0 Å². The fourth-order valence-corrected chi connectivity index (χ4v) is 10.2. The number of unbranched alkanes of at least 4 members (excludes halogenated alkanes) is 2. The van der Waals surface area contributed by atoms with Crippen LogP contribution in [-0.4, -0.2) is 102 Å². The Hall–Kier alpha value is -4.07. The van der Waals surface area contributed by atoms with E-state index in [9.17, 15) is 24.9 Å². The highest BCUT2D eigenvalue weighted by Crippen LogP contribution is 2.62. The number of ether oxygens (including phenoxy) is 4. The number of hydrogen-bond acceptors (Lipinski definition) is 11. The molecule has 0 saturated heterocycles. The van der Waals surface area contributed by atoms with Crippen LogP contribution in [-0.2, 0) is 19.1 Å². The summed E-state index contributed by atoms with van der Waals surface area (Å²) in [6, 6.07) is 12.2. The molecule has 0 unspecified atom stereocenters. The van der Waals surface area contributed by atoms with Crippen LogP contribution in [0.1, 0.15) is 126 Å². The number of aliphatic hydroxyl groups is 3. The molecule has 2 aromatic rings. The molecule has 6 atom stereocenters. The highest BCUT2D eigenvalue weighted by atomic mass is 16.7. The zero-order chi connectivity index (χ0) is 44.1. The molecule has 1 aliphatic heterocycles. The number of rotatable bonds is 24. The maximum absolute atomic E-state index is 14.9. The third-order valence-corrected chi connectivity index (χ3v) is 13.0. The van der Waals surface area contributed by atoms with Gasteiger partial charge in [-0.05, 0) is 107 Å². The van der Waals surface area contributed by atoms with Gasteiger partial charge in [-0.2, -0.15) is 0 Å².